The average Bonchev–Trinajstić information content (AvgIpc) is 2.70. The molecule has 6 nitrogen and oxygen atoms in total. The highest BCUT2D eigenvalue weighted by Gasteiger charge is 2.24. The molecule has 1 aliphatic heterocycles. The second-order valence-electron chi connectivity index (χ2n) is 7.70. The summed E-state index contributed by atoms with van der Waals surface area (Å²) >= 11 is 0. The molecule has 1 aliphatic rings. The molecule has 0 radical (unpaired) electrons. The van der Waals surface area contributed by atoms with Crippen molar-refractivity contribution < 1.29 is 19.2 Å². The van der Waals surface area contributed by atoms with Crippen molar-refractivity contribution in [1.82, 2.24) is 0 Å². The number of hydrogen-bond donors (Lipinski definition) is 3. The molecule has 29 heavy (non-hydrogen) atoms. The number of carbonyl (C=O) groups is 2. The molecule has 2 amide bonds. The summed E-state index contributed by atoms with van der Waals surface area (Å²) in [5, 5.41) is 5.66. The summed E-state index contributed by atoms with van der Waals surface area (Å²) in [5.74, 6) is 1.07. The van der Waals surface area contributed by atoms with Gasteiger partial charge in [-0.05, 0) is 48.9 Å². The topological polar surface area (TPSA) is 71.9 Å². The van der Waals surface area contributed by atoms with Crippen LogP contribution in [-0.4, -0.2) is 38.6 Å². The number of anilines is 2. The number of likely N-dealkylation sites (tertiary alicyclic amines) is 1. The fourth-order valence-corrected chi connectivity index (χ4v) is 3.92. The number of quaternary nitrogens is 1. The zero-order valence-electron chi connectivity index (χ0n) is 17.2. The van der Waals surface area contributed by atoms with Gasteiger partial charge in [0, 0.05) is 12.6 Å². The standard InChI is InChI=1S/C23H29N3O3/c1-17(27)24-20-8-9-22(29-2)21(15-20)25-23(28)16-26-12-10-19(11-13-26)14-18-6-4-3-5-7-18/h3-9,15,19H,10-14,16H2,1-2H3,(H,24,27)(H,25,28)/p+1. The Balaban J connectivity index is 1.50. The van der Waals surface area contributed by atoms with E-state index in [0.29, 0.717) is 29.6 Å². The van der Waals surface area contributed by atoms with Gasteiger partial charge in [0.2, 0.25) is 5.91 Å². The first-order valence-corrected chi connectivity index (χ1v) is 10.2. The fourth-order valence-electron chi connectivity index (χ4n) is 3.92. The molecule has 0 bridgehead atoms. The van der Waals surface area contributed by atoms with Crippen LogP contribution in [0.5, 0.6) is 5.75 Å². The van der Waals surface area contributed by atoms with E-state index in [4.69, 9.17) is 4.74 Å². The maximum absolute atomic E-state index is 12.6. The SMILES string of the molecule is COc1ccc(NC(C)=O)cc1NC(=O)C[NH+]1CCC(Cc2ccccc2)CC1. The second kappa shape index (κ2) is 10.1. The van der Waals surface area contributed by atoms with Gasteiger partial charge in [-0.2, -0.15) is 0 Å². The van der Waals surface area contributed by atoms with Crippen LogP contribution < -0.4 is 20.3 Å². The van der Waals surface area contributed by atoms with Crippen LogP contribution in [0.2, 0.25) is 0 Å². The van der Waals surface area contributed by atoms with Crippen LogP contribution >= 0.6 is 0 Å². The van der Waals surface area contributed by atoms with Crippen molar-refractivity contribution in [3.8, 4) is 5.75 Å². The van der Waals surface area contributed by atoms with E-state index in [0.717, 1.165) is 32.4 Å². The Morgan fingerprint density at radius 3 is 2.45 bits per heavy atom. The number of benzene rings is 2. The molecule has 0 aliphatic carbocycles. The molecular weight excluding hydrogens is 366 g/mol. The van der Waals surface area contributed by atoms with Gasteiger partial charge in [0.25, 0.3) is 5.91 Å². The molecule has 0 spiro atoms. The quantitative estimate of drug-likeness (QED) is 0.671. The summed E-state index contributed by atoms with van der Waals surface area (Å²) in [6.07, 6.45) is 3.39. The van der Waals surface area contributed by atoms with E-state index in [2.05, 4.69) is 41.0 Å². The molecule has 0 aromatic heterocycles. The maximum Gasteiger partial charge on any atom is 0.279 e. The largest absolute Gasteiger partial charge is 0.495 e. The highest BCUT2D eigenvalue weighted by molar-refractivity contribution is 5.95. The van der Waals surface area contributed by atoms with E-state index in [1.54, 1.807) is 25.3 Å². The van der Waals surface area contributed by atoms with Crippen LogP contribution in [0.1, 0.15) is 25.3 Å². The predicted octanol–water partition coefficient (Wildman–Crippen LogP) is 2.13. The summed E-state index contributed by atoms with van der Waals surface area (Å²) in [6, 6.07) is 15.8. The molecule has 0 unspecified atom stereocenters. The average molecular weight is 397 g/mol. The summed E-state index contributed by atoms with van der Waals surface area (Å²) in [5.41, 5.74) is 2.59. The Hall–Kier alpha value is -2.86. The van der Waals surface area contributed by atoms with Crippen LogP contribution in [0.15, 0.2) is 48.5 Å². The maximum atomic E-state index is 12.6. The van der Waals surface area contributed by atoms with Crippen molar-refractivity contribution in [2.75, 3.05) is 37.4 Å². The minimum atomic E-state index is -0.157. The van der Waals surface area contributed by atoms with Gasteiger partial charge >= 0.3 is 0 Å². The summed E-state index contributed by atoms with van der Waals surface area (Å²) in [7, 11) is 1.56. The van der Waals surface area contributed by atoms with Gasteiger partial charge < -0.3 is 20.3 Å². The first-order valence-electron chi connectivity index (χ1n) is 10.2. The lowest BCUT2D eigenvalue weighted by Crippen LogP contribution is -3.14. The predicted molar refractivity (Wildman–Crippen MR) is 114 cm³/mol. The number of nitrogens with one attached hydrogen (secondary N) is 3. The second-order valence-corrected chi connectivity index (χ2v) is 7.70. The van der Waals surface area contributed by atoms with Crippen LogP contribution in [-0.2, 0) is 16.0 Å². The third-order valence-corrected chi connectivity index (χ3v) is 5.38. The number of rotatable bonds is 7. The lowest BCUT2D eigenvalue weighted by atomic mass is 9.90. The number of methoxy groups -OCH3 is 1. The van der Waals surface area contributed by atoms with Gasteiger partial charge in [0.05, 0.1) is 25.9 Å². The van der Waals surface area contributed by atoms with Gasteiger partial charge in [-0.1, -0.05) is 30.3 Å². The van der Waals surface area contributed by atoms with E-state index >= 15 is 0 Å². The normalized spacial score (nSPS) is 18.7. The summed E-state index contributed by atoms with van der Waals surface area (Å²) < 4.78 is 5.33. The summed E-state index contributed by atoms with van der Waals surface area (Å²) in [4.78, 5) is 25.2. The Bertz CT molecular complexity index is 831. The zero-order chi connectivity index (χ0) is 20.6. The number of ether oxygens (including phenoxy) is 1. The first-order chi connectivity index (χ1) is 14.0. The monoisotopic (exact) mass is 396 g/mol. The van der Waals surface area contributed by atoms with E-state index < -0.39 is 0 Å². The van der Waals surface area contributed by atoms with Crippen molar-refractivity contribution >= 4 is 23.2 Å². The van der Waals surface area contributed by atoms with E-state index in [1.807, 2.05) is 0 Å². The van der Waals surface area contributed by atoms with Gasteiger partial charge in [-0.3, -0.25) is 9.59 Å². The highest BCUT2D eigenvalue weighted by atomic mass is 16.5. The molecule has 154 valence electrons. The van der Waals surface area contributed by atoms with Gasteiger partial charge in [-0.25, -0.2) is 0 Å². The molecule has 6 heteroatoms. The minimum absolute atomic E-state index is 0.0419. The van der Waals surface area contributed by atoms with Crippen molar-refractivity contribution in [2.45, 2.75) is 26.2 Å². The molecule has 3 N–H and O–H groups in total. The molecule has 2 aromatic carbocycles. The molecular formula is C23H30N3O3+. The van der Waals surface area contributed by atoms with Crippen LogP contribution in [0, 0.1) is 5.92 Å². The molecule has 1 heterocycles. The van der Waals surface area contributed by atoms with Gasteiger partial charge in [0.15, 0.2) is 6.54 Å². The Labute approximate surface area is 172 Å². The Kier molecular flexibility index (Phi) is 7.25. The van der Waals surface area contributed by atoms with Crippen molar-refractivity contribution in [3.63, 3.8) is 0 Å². The van der Waals surface area contributed by atoms with Crippen molar-refractivity contribution in [3.05, 3.63) is 54.1 Å². The molecule has 1 fully saturated rings. The molecule has 2 aromatic rings. The fraction of sp³-hybridized carbons (Fsp3) is 0.391. The summed E-state index contributed by atoms with van der Waals surface area (Å²) in [6.45, 7) is 3.90. The highest BCUT2D eigenvalue weighted by Crippen LogP contribution is 2.27. The molecule has 1 saturated heterocycles. The number of piperidine rings is 1. The van der Waals surface area contributed by atoms with Crippen LogP contribution in [0.25, 0.3) is 0 Å². The lowest BCUT2D eigenvalue weighted by molar-refractivity contribution is -0.898. The number of amides is 2. The Morgan fingerprint density at radius 2 is 1.79 bits per heavy atom. The van der Waals surface area contributed by atoms with E-state index in [-0.39, 0.29) is 11.8 Å². The molecule has 3 rings (SSSR count). The molecule has 0 saturated carbocycles. The van der Waals surface area contributed by atoms with Gasteiger partial charge in [-0.15, -0.1) is 0 Å². The Morgan fingerprint density at radius 1 is 1.07 bits per heavy atom. The smallest absolute Gasteiger partial charge is 0.279 e. The first kappa shape index (κ1) is 20.9. The van der Waals surface area contributed by atoms with Crippen molar-refractivity contribution in [1.29, 1.82) is 0 Å². The van der Waals surface area contributed by atoms with E-state index in [1.165, 1.54) is 17.4 Å². The van der Waals surface area contributed by atoms with Crippen LogP contribution in [0.3, 0.4) is 0 Å². The lowest BCUT2D eigenvalue weighted by Gasteiger charge is -2.29. The van der Waals surface area contributed by atoms with Gasteiger partial charge in [0.1, 0.15) is 5.75 Å². The van der Waals surface area contributed by atoms with Crippen LogP contribution in [0.4, 0.5) is 11.4 Å². The third-order valence-electron chi connectivity index (χ3n) is 5.38. The number of carbonyl (C=O) groups excluding carboxylic acids is 2. The third kappa shape index (κ3) is 6.32. The zero-order valence-corrected chi connectivity index (χ0v) is 17.2. The molecule has 0 atom stereocenters. The number of hydrogen-bond acceptors (Lipinski definition) is 3. The van der Waals surface area contributed by atoms with Crippen molar-refractivity contribution in [2.24, 2.45) is 5.92 Å². The minimum Gasteiger partial charge on any atom is -0.495 e. The van der Waals surface area contributed by atoms with E-state index in [9.17, 15) is 9.59 Å².